The van der Waals surface area contributed by atoms with E-state index in [0.717, 1.165) is 28.6 Å². The van der Waals surface area contributed by atoms with Gasteiger partial charge in [0.2, 0.25) is 0 Å². The van der Waals surface area contributed by atoms with E-state index in [0.29, 0.717) is 18.3 Å². The summed E-state index contributed by atoms with van der Waals surface area (Å²) in [7, 11) is 0. The van der Waals surface area contributed by atoms with Crippen LogP contribution in [0, 0.1) is 0 Å². The summed E-state index contributed by atoms with van der Waals surface area (Å²) in [6.45, 7) is 2.58. The zero-order valence-electron chi connectivity index (χ0n) is 16.6. The number of benzene rings is 1. The van der Waals surface area contributed by atoms with Gasteiger partial charge in [0.05, 0.1) is 18.3 Å². The van der Waals surface area contributed by atoms with Gasteiger partial charge in [0.1, 0.15) is 0 Å². The number of hydrogen-bond donors (Lipinski definition) is 0. The summed E-state index contributed by atoms with van der Waals surface area (Å²) in [5, 5.41) is 2.48. The lowest BCUT2D eigenvalue weighted by Gasteiger charge is -2.22. The fourth-order valence-corrected chi connectivity index (χ4v) is 4.05. The van der Waals surface area contributed by atoms with E-state index in [9.17, 15) is 9.59 Å². The number of allylic oxidation sites excluding steroid dienone is 3. The first-order valence-corrected chi connectivity index (χ1v) is 11.3. The molecule has 0 spiro atoms. The quantitative estimate of drug-likeness (QED) is 0.303. The standard InChI is InChI=1S/C22H23BrN2O4S/c1-2-3-4-7-21(27)29-14-20(26)25(13-18-6-5-12-28-18)22-24-19(15-30-22)16-8-10-17(23)11-9-16/h2-4,7-11,15,18H,5-6,12-14H2,1H3. The molecule has 1 aliphatic heterocycles. The van der Waals surface area contributed by atoms with Gasteiger partial charge in [0, 0.05) is 28.1 Å². The molecule has 0 bridgehead atoms. The maximum absolute atomic E-state index is 12.9. The number of nitrogens with zero attached hydrogens (tertiary/aromatic N) is 2. The van der Waals surface area contributed by atoms with Gasteiger partial charge in [-0.1, -0.05) is 46.3 Å². The van der Waals surface area contributed by atoms with E-state index in [2.05, 4.69) is 20.9 Å². The second-order valence-electron chi connectivity index (χ2n) is 6.65. The van der Waals surface area contributed by atoms with E-state index in [1.54, 1.807) is 23.1 Å². The van der Waals surface area contributed by atoms with Crippen molar-refractivity contribution in [2.45, 2.75) is 25.9 Å². The van der Waals surface area contributed by atoms with Gasteiger partial charge in [-0.05, 0) is 31.9 Å². The molecule has 30 heavy (non-hydrogen) atoms. The molecule has 1 saturated heterocycles. The highest BCUT2D eigenvalue weighted by Gasteiger charge is 2.26. The predicted octanol–water partition coefficient (Wildman–Crippen LogP) is 4.76. The van der Waals surface area contributed by atoms with Crippen molar-refractivity contribution in [2.24, 2.45) is 0 Å². The lowest BCUT2D eigenvalue weighted by atomic mass is 10.2. The Morgan fingerprint density at radius 3 is 2.83 bits per heavy atom. The molecule has 1 aliphatic rings. The molecule has 0 saturated carbocycles. The maximum atomic E-state index is 12.9. The minimum Gasteiger partial charge on any atom is -0.452 e. The average molecular weight is 491 g/mol. The second-order valence-corrected chi connectivity index (χ2v) is 8.41. The molecule has 2 aromatic rings. The van der Waals surface area contributed by atoms with E-state index < -0.39 is 5.97 Å². The lowest BCUT2D eigenvalue weighted by molar-refractivity contribution is -0.143. The number of carbonyl (C=O) groups excluding carboxylic acids is 2. The van der Waals surface area contributed by atoms with Crippen LogP contribution in [0.1, 0.15) is 19.8 Å². The Hall–Kier alpha value is -2.29. The molecule has 3 rings (SSSR count). The number of carbonyl (C=O) groups is 2. The summed E-state index contributed by atoms with van der Waals surface area (Å²) in [6.07, 6.45) is 8.18. The molecule has 0 radical (unpaired) electrons. The van der Waals surface area contributed by atoms with Gasteiger partial charge in [-0.3, -0.25) is 9.69 Å². The van der Waals surface area contributed by atoms with Crippen molar-refractivity contribution in [3.63, 3.8) is 0 Å². The molecule has 1 fully saturated rings. The molecule has 2 heterocycles. The van der Waals surface area contributed by atoms with Crippen molar-refractivity contribution in [3.8, 4) is 11.3 Å². The first kappa shape index (κ1) is 22.4. The number of rotatable bonds is 8. The number of aromatic nitrogens is 1. The zero-order valence-corrected chi connectivity index (χ0v) is 19.0. The summed E-state index contributed by atoms with van der Waals surface area (Å²) in [5.41, 5.74) is 1.75. The monoisotopic (exact) mass is 490 g/mol. The van der Waals surface area contributed by atoms with Crippen LogP contribution in [0.2, 0.25) is 0 Å². The molecule has 0 N–H and O–H groups in total. The fourth-order valence-electron chi connectivity index (χ4n) is 2.92. The second kappa shape index (κ2) is 11.2. The molecule has 1 aromatic carbocycles. The average Bonchev–Trinajstić information content (AvgIpc) is 3.43. The van der Waals surface area contributed by atoms with Crippen molar-refractivity contribution < 1.29 is 19.1 Å². The molecular formula is C22H23BrN2O4S. The summed E-state index contributed by atoms with van der Waals surface area (Å²) >= 11 is 4.81. The Bertz CT molecular complexity index is 917. The SMILES string of the molecule is CC=CC=CC(=O)OCC(=O)N(CC1CCCO1)c1nc(-c2ccc(Br)cc2)cs1. The van der Waals surface area contributed by atoms with Gasteiger partial charge in [-0.15, -0.1) is 11.3 Å². The Labute approximate surface area is 188 Å². The van der Waals surface area contributed by atoms with Crippen LogP contribution in [-0.2, 0) is 19.1 Å². The van der Waals surface area contributed by atoms with Crippen molar-refractivity contribution in [1.29, 1.82) is 0 Å². The van der Waals surface area contributed by atoms with Crippen LogP contribution in [-0.4, -0.2) is 42.7 Å². The molecule has 0 aliphatic carbocycles. The molecule has 1 unspecified atom stereocenters. The first-order valence-electron chi connectivity index (χ1n) is 9.66. The highest BCUT2D eigenvalue weighted by Crippen LogP contribution is 2.29. The van der Waals surface area contributed by atoms with Gasteiger partial charge in [-0.2, -0.15) is 0 Å². The third-order valence-corrected chi connectivity index (χ3v) is 5.84. The molecule has 6 nitrogen and oxygen atoms in total. The van der Waals surface area contributed by atoms with Gasteiger partial charge < -0.3 is 9.47 Å². The molecule has 8 heteroatoms. The summed E-state index contributed by atoms with van der Waals surface area (Å²) in [5.74, 6) is -0.886. The van der Waals surface area contributed by atoms with Crippen LogP contribution in [0.3, 0.4) is 0 Å². The van der Waals surface area contributed by atoms with Crippen LogP contribution in [0.5, 0.6) is 0 Å². The normalized spacial score (nSPS) is 16.4. The Kier molecular flexibility index (Phi) is 8.36. The number of amides is 1. The molecule has 1 aromatic heterocycles. The number of esters is 1. The Balaban J connectivity index is 1.72. The van der Waals surface area contributed by atoms with Gasteiger partial charge in [0.15, 0.2) is 11.7 Å². The maximum Gasteiger partial charge on any atom is 0.331 e. The van der Waals surface area contributed by atoms with Gasteiger partial charge in [0.25, 0.3) is 5.91 Å². The van der Waals surface area contributed by atoms with Crippen LogP contribution in [0.15, 0.2) is 58.4 Å². The van der Waals surface area contributed by atoms with Crippen LogP contribution >= 0.6 is 27.3 Å². The predicted molar refractivity (Wildman–Crippen MR) is 121 cm³/mol. The first-order chi connectivity index (χ1) is 14.6. The summed E-state index contributed by atoms with van der Waals surface area (Å²) in [4.78, 5) is 30.9. The smallest absolute Gasteiger partial charge is 0.331 e. The van der Waals surface area contributed by atoms with Crippen LogP contribution in [0.4, 0.5) is 5.13 Å². The molecule has 1 atom stereocenters. The number of ether oxygens (including phenoxy) is 2. The van der Waals surface area contributed by atoms with E-state index in [1.807, 2.05) is 36.6 Å². The van der Waals surface area contributed by atoms with E-state index in [1.165, 1.54) is 17.4 Å². The van der Waals surface area contributed by atoms with Crippen molar-refractivity contribution in [2.75, 3.05) is 24.7 Å². The fraction of sp³-hybridized carbons (Fsp3) is 0.318. The van der Waals surface area contributed by atoms with Crippen LogP contribution in [0.25, 0.3) is 11.3 Å². The van der Waals surface area contributed by atoms with Crippen molar-refractivity contribution >= 4 is 44.3 Å². The number of halogens is 1. The summed E-state index contributed by atoms with van der Waals surface area (Å²) < 4.78 is 11.8. The molecule has 158 valence electrons. The highest BCUT2D eigenvalue weighted by molar-refractivity contribution is 9.10. The zero-order chi connectivity index (χ0) is 21.3. The van der Waals surface area contributed by atoms with Gasteiger partial charge in [-0.25, -0.2) is 9.78 Å². The molecule has 1 amide bonds. The topological polar surface area (TPSA) is 68.7 Å². The minimum absolute atomic E-state index is 0.0423. The molecular weight excluding hydrogens is 468 g/mol. The Morgan fingerprint density at radius 1 is 1.33 bits per heavy atom. The third kappa shape index (κ3) is 6.35. The Morgan fingerprint density at radius 2 is 2.13 bits per heavy atom. The van der Waals surface area contributed by atoms with Crippen LogP contribution < -0.4 is 4.90 Å². The lowest BCUT2D eigenvalue weighted by Crippen LogP contribution is -2.40. The highest BCUT2D eigenvalue weighted by atomic mass is 79.9. The van der Waals surface area contributed by atoms with Crippen molar-refractivity contribution in [3.05, 3.63) is 58.4 Å². The number of hydrogen-bond acceptors (Lipinski definition) is 6. The third-order valence-electron chi connectivity index (χ3n) is 4.45. The summed E-state index contributed by atoms with van der Waals surface area (Å²) in [6, 6.07) is 7.83. The largest absolute Gasteiger partial charge is 0.452 e. The van der Waals surface area contributed by atoms with Gasteiger partial charge >= 0.3 is 5.97 Å². The number of anilines is 1. The minimum atomic E-state index is -0.562. The van der Waals surface area contributed by atoms with Crippen molar-refractivity contribution in [1.82, 2.24) is 4.98 Å². The van der Waals surface area contributed by atoms with E-state index >= 15 is 0 Å². The number of thiazole rings is 1. The van der Waals surface area contributed by atoms with E-state index in [-0.39, 0.29) is 18.6 Å². The van der Waals surface area contributed by atoms with E-state index in [4.69, 9.17) is 9.47 Å².